The zero-order valence-electron chi connectivity index (χ0n) is 17.0. The highest BCUT2D eigenvalue weighted by atomic mass is 19.3. The van der Waals surface area contributed by atoms with Crippen molar-refractivity contribution in [3.63, 3.8) is 0 Å². The summed E-state index contributed by atoms with van der Waals surface area (Å²) >= 11 is 0. The first-order chi connectivity index (χ1) is 14.3. The van der Waals surface area contributed by atoms with Crippen molar-refractivity contribution in [3.05, 3.63) is 17.8 Å². The first-order valence-corrected chi connectivity index (χ1v) is 9.83. The van der Waals surface area contributed by atoms with Gasteiger partial charge in [-0.25, -0.2) is 13.8 Å². The molecule has 2 aromatic rings. The van der Waals surface area contributed by atoms with E-state index in [1.807, 2.05) is 23.6 Å². The van der Waals surface area contributed by atoms with Crippen LogP contribution in [0, 0.1) is 0 Å². The third-order valence-corrected chi connectivity index (χ3v) is 5.23. The van der Waals surface area contributed by atoms with Crippen LogP contribution in [0.1, 0.15) is 25.8 Å². The Morgan fingerprint density at radius 3 is 2.43 bits per heavy atom. The van der Waals surface area contributed by atoms with E-state index in [9.17, 15) is 8.78 Å². The van der Waals surface area contributed by atoms with Crippen LogP contribution in [0.3, 0.4) is 0 Å². The molecule has 0 aromatic carbocycles. The first-order valence-electron chi connectivity index (χ1n) is 9.83. The molecule has 4 rings (SSSR count). The molecular formula is C19H25F2N7O2. The Hall–Kier alpha value is -2.66. The molecule has 0 amide bonds. The Morgan fingerprint density at radius 2 is 1.73 bits per heavy atom. The second-order valence-electron chi connectivity index (χ2n) is 7.87. The summed E-state index contributed by atoms with van der Waals surface area (Å²) in [7, 11) is 0. The molecule has 2 aliphatic heterocycles. The van der Waals surface area contributed by atoms with E-state index in [0.29, 0.717) is 58.0 Å². The van der Waals surface area contributed by atoms with Gasteiger partial charge in [0.05, 0.1) is 32.0 Å². The number of nitrogens with two attached hydrogens (primary N) is 1. The molecule has 2 aliphatic rings. The lowest BCUT2D eigenvalue weighted by Crippen LogP contribution is -2.54. The fraction of sp³-hybridized carbons (Fsp3) is 0.579. The molecule has 2 aromatic heterocycles. The molecule has 0 unspecified atom stereocenters. The molecular weight excluding hydrogens is 396 g/mol. The van der Waals surface area contributed by atoms with Gasteiger partial charge in [-0.15, -0.1) is 0 Å². The summed E-state index contributed by atoms with van der Waals surface area (Å²) in [5, 5.41) is 0. The summed E-state index contributed by atoms with van der Waals surface area (Å²) in [5.41, 5.74) is 5.16. The standard InChI is InChI=1S/C19H25F2N7O2/c1-19(2)11-30-8-5-28(19)18-25-16(13-10-23-14(22)9-12(13)15(20)21)24-17(26-18)27-3-6-29-7-4-27/h9-10,15H,3-8,11H2,1-2H3,(H2,22,23). The molecule has 2 saturated heterocycles. The van der Waals surface area contributed by atoms with Crippen molar-refractivity contribution in [2.24, 2.45) is 0 Å². The van der Waals surface area contributed by atoms with Crippen molar-refractivity contribution < 1.29 is 18.3 Å². The number of nitrogen functional groups attached to an aromatic ring is 1. The summed E-state index contributed by atoms with van der Waals surface area (Å²) in [4.78, 5) is 21.8. The number of aromatic nitrogens is 4. The molecule has 2 N–H and O–H groups in total. The number of nitrogens with zero attached hydrogens (tertiary/aromatic N) is 6. The van der Waals surface area contributed by atoms with Crippen LogP contribution in [-0.2, 0) is 9.47 Å². The van der Waals surface area contributed by atoms with E-state index in [1.165, 1.54) is 6.20 Å². The molecule has 2 fully saturated rings. The second kappa shape index (κ2) is 8.23. The number of hydrogen-bond donors (Lipinski definition) is 1. The van der Waals surface area contributed by atoms with Crippen molar-refractivity contribution in [1.29, 1.82) is 0 Å². The Labute approximate surface area is 173 Å². The van der Waals surface area contributed by atoms with Crippen molar-refractivity contribution in [2.45, 2.75) is 25.8 Å². The van der Waals surface area contributed by atoms with Crippen LogP contribution in [0.2, 0.25) is 0 Å². The van der Waals surface area contributed by atoms with E-state index in [-0.39, 0.29) is 28.3 Å². The monoisotopic (exact) mass is 421 g/mol. The van der Waals surface area contributed by atoms with E-state index < -0.39 is 6.43 Å². The summed E-state index contributed by atoms with van der Waals surface area (Å²) < 4.78 is 38.5. The summed E-state index contributed by atoms with van der Waals surface area (Å²) in [6.45, 7) is 7.99. The van der Waals surface area contributed by atoms with Crippen molar-refractivity contribution >= 4 is 17.7 Å². The van der Waals surface area contributed by atoms with Gasteiger partial charge in [-0.2, -0.15) is 15.0 Å². The maximum atomic E-state index is 13.7. The third kappa shape index (κ3) is 4.12. The minimum atomic E-state index is -2.74. The van der Waals surface area contributed by atoms with Crippen LogP contribution in [-0.4, -0.2) is 71.5 Å². The fourth-order valence-corrected chi connectivity index (χ4v) is 3.58. The number of morpholine rings is 2. The number of halogens is 2. The van der Waals surface area contributed by atoms with E-state index in [1.54, 1.807) is 0 Å². The molecule has 0 saturated carbocycles. The number of anilines is 3. The lowest BCUT2D eigenvalue weighted by molar-refractivity contribution is 0.0633. The Kier molecular flexibility index (Phi) is 5.65. The van der Waals surface area contributed by atoms with E-state index in [2.05, 4.69) is 19.9 Å². The smallest absolute Gasteiger partial charge is 0.264 e. The van der Waals surface area contributed by atoms with Crippen LogP contribution in [0.15, 0.2) is 12.3 Å². The third-order valence-electron chi connectivity index (χ3n) is 5.23. The van der Waals surface area contributed by atoms with E-state index in [0.717, 1.165) is 6.07 Å². The van der Waals surface area contributed by atoms with Gasteiger partial charge in [-0.3, -0.25) is 0 Å². The highest BCUT2D eigenvalue weighted by Gasteiger charge is 2.34. The largest absolute Gasteiger partial charge is 0.384 e. The van der Waals surface area contributed by atoms with Gasteiger partial charge < -0.3 is 25.0 Å². The molecule has 0 aliphatic carbocycles. The summed E-state index contributed by atoms with van der Waals surface area (Å²) in [5.74, 6) is 1.02. The second-order valence-corrected chi connectivity index (χ2v) is 7.87. The molecule has 0 spiro atoms. The van der Waals surface area contributed by atoms with Crippen LogP contribution in [0.4, 0.5) is 26.5 Å². The molecule has 0 atom stereocenters. The maximum Gasteiger partial charge on any atom is 0.264 e. The van der Waals surface area contributed by atoms with Gasteiger partial charge in [0.25, 0.3) is 6.43 Å². The van der Waals surface area contributed by atoms with Crippen LogP contribution >= 0.6 is 0 Å². The van der Waals surface area contributed by atoms with Crippen LogP contribution in [0.25, 0.3) is 11.4 Å². The fourth-order valence-electron chi connectivity index (χ4n) is 3.58. The van der Waals surface area contributed by atoms with Gasteiger partial charge in [0, 0.05) is 37.0 Å². The zero-order chi connectivity index (χ0) is 21.3. The van der Waals surface area contributed by atoms with Gasteiger partial charge in [-0.05, 0) is 19.9 Å². The molecule has 4 heterocycles. The lowest BCUT2D eigenvalue weighted by atomic mass is 10.0. The predicted octanol–water partition coefficient (Wildman–Crippen LogP) is 1.91. The minimum Gasteiger partial charge on any atom is -0.384 e. The Morgan fingerprint density at radius 1 is 1.03 bits per heavy atom. The Balaban J connectivity index is 1.84. The van der Waals surface area contributed by atoms with Crippen molar-refractivity contribution in [3.8, 4) is 11.4 Å². The van der Waals surface area contributed by atoms with Crippen LogP contribution in [0.5, 0.6) is 0 Å². The topological polar surface area (TPSA) is 103 Å². The minimum absolute atomic E-state index is 0.0195. The number of ether oxygens (including phenoxy) is 2. The van der Waals surface area contributed by atoms with Crippen molar-refractivity contribution in [2.75, 3.05) is 61.6 Å². The number of hydrogen-bond acceptors (Lipinski definition) is 9. The molecule has 30 heavy (non-hydrogen) atoms. The summed E-state index contributed by atoms with van der Waals surface area (Å²) in [6.07, 6.45) is -1.44. The summed E-state index contributed by atoms with van der Waals surface area (Å²) in [6, 6.07) is 1.16. The van der Waals surface area contributed by atoms with Crippen LogP contribution < -0.4 is 15.5 Å². The highest BCUT2D eigenvalue weighted by molar-refractivity contribution is 5.64. The predicted molar refractivity (Wildman–Crippen MR) is 108 cm³/mol. The van der Waals surface area contributed by atoms with Gasteiger partial charge in [0.2, 0.25) is 11.9 Å². The molecule has 162 valence electrons. The van der Waals surface area contributed by atoms with Gasteiger partial charge in [0.1, 0.15) is 5.82 Å². The first kappa shape index (κ1) is 20.6. The number of alkyl halides is 2. The number of pyridine rings is 1. The zero-order valence-corrected chi connectivity index (χ0v) is 17.0. The molecule has 0 radical (unpaired) electrons. The number of rotatable bonds is 4. The maximum absolute atomic E-state index is 13.7. The average Bonchev–Trinajstić information content (AvgIpc) is 2.73. The lowest BCUT2D eigenvalue weighted by Gasteiger charge is -2.42. The normalized spacial score (nSPS) is 19.4. The highest BCUT2D eigenvalue weighted by Crippen LogP contribution is 2.33. The molecule has 0 bridgehead atoms. The quantitative estimate of drug-likeness (QED) is 0.793. The molecule has 11 heteroatoms. The average molecular weight is 421 g/mol. The van der Waals surface area contributed by atoms with Crippen molar-refractivity contribution in [1.82, 2.24) is 19.9 Å². The van der Waals surface area contributed by atoms with E-state index in [4.69, 9.17) is 15.2 Å². The van der Waals surface area contributed by atoms with Gasteiger partial charge in [-0.1, -0.05) is 0 Å². The van der Waals surface area contributed by atoms with Gasteiger partial charge in [0.15, 0.2) is 5.82 Å². The Bertz CT molecular complexity index is 906. The van der Waals surface area contributed by atoms with Gasteiger partial charge >= 0.3 is 0 Å². The molecule has 9 nitrogen and oxygen atoms in total. The van der Waals surface area contributed by atoms with E-state index >= 15 is 0 Å². The SMILES string of the molecule is CC1(C)COCCN1c1nc(-c2cnc(N)cc2C(F)F)nc(N2CCOCC2)n1.